The van der Waals surface area contributed by atoms with E-state index >= 15 is 0 Å². The van der Waals surface area contributed by atoms with E-state index in [2.05, 4.69) is 15.3 Å². The standard InChI is InChI=1S/C24H28ClFN4O2/c1-30(2)23(31)9-7-5-4-6-8-16-12-21-18(14-22(16)32-3)24(28-15-27-21)29-17-10-11-20(26)19(25)13-17/h10-15H,4-9H2,1-3H3,(H,27,28,29). The number of anilines is 2. The Morgan fingerprint density at radius 1 is 1.12 bits per heavy atom. The largest absolute Gasteiger partial charge is 0.496 e. The van der Waals surface area contributed by atoms with Crippen LogP contribution in [-0.4, -0.2) is 42.0 Å². The summed E-state index contributed by atoms with van der Waals surface area (Å²) in [6.07, 6.45) is 6.92. The van der Waals surface area contributed by atoms with Gasteiger partial charge in [-0.2, -0.15) is 0 Å². The van der Waals surface area contributed by atoms with Crippen molar-refractivity contribution >= 4 is 39.9 Å². The number of halogens is 2. The smallest absolute Gasteiger partial charge is 0.222 e. The normalized spacial score (nSPS) is 10.9. The van der Waals surface area contributed by atoms with E-state index in [9.17, 15) is 9.18 Å². The lowest BCUT2D eigenvalue weighted by Crippen LogP contribution is -2.20. The maximum absolute atomic E-state index is 13.5. The molecule has 6 nitrogen and oxygen atoms in total. The molecule has 170 valence electrons. The van der Waals surface area contributed by atoms with Crippen LogP contribution in [0.5, 0.6) is 5.75 Å². The first-order chi connectivity index (χ1) is 15.4. The molecule has 0 saturated carbocycles. The molecule has 3 aromatic rings. The average Bonchev–Trinajstić information content (AvgIpc) is 2.78. The van der Waals surface area contributed by atoms with Gasteiger partial charge in [0, 0.05) is 31.6 Å². The minimum atomic E-state index is -0.472. The van der Waals surface area contributed by atoms with Gasteiger partial charge in [-0.3, -0.25) is 4.79 Å². The first-order valence-corrected chi connectivity index (χ1v) is 11.0. The first kappa shape index (κ1) is 23.7. The predicted molar refractivity (Wildman–Crippen MR) is 126 cm³/mol. The Hall–Kier alpha value is -2.93. The number of aromatic nitrogens is 2. The number of benzene rings is 2. The topological polar surface area (TPSA) is 67.3 Å². The molecule has 0 atom stereocenters. The van der Waals surface area contributed by atoms with E-state index in [1.165, 1.54) is 18.5 Å². The van der Waals surface area contributed by atoms with Crippen molar-refractivity contribution in [3.63, 3.8) is 0 Å². The van der Waals surface area contributed by atoms with Crippen LogP contribution in [0, 0.1) is 5.82 Å². The van der Waals surface area contributed by atoms with Crippen molar-refractivity contribution in [2.75, 3.05) is 26.5 Å². The van der Waals surface area contributed by atoms with Gasteiger partial charge in [0.1, 0.15) is 23.7 Å². The van der Waals surface area contributed by atoms with Gasteiger partial charge in [-0.1, -0.05) is 24.4 Å². The van der Waals surface area contributed by atoms with Crippen LogP contribution in [0.1, 0.15) is 37.7 Å². The minimum absolute atomic E-state index is 0.0410. The zero-order valence-corrected chi connectivity index (χ0v) is 19.4. The Kier molecular flexibility index (Phi) is 8.22. The first-order valence-electron chi connectivity index (χ1n) is 10.6. The Balaban J connectivity index is 1.68. The molecule has 1 N–H and O–H groups in total. The molecular formula is C24H28ClFN4O2. The van der Waals surface area contributed by atoms with Crippen LogP contribution < -0.4 is 10.1 Å². The summed E-state index contributed by atoms with van der Waals surface area (Å²) < 4.78 is 19.1. The lowest BCUT2D eigenvalue weighted by Gasteiger charge is -2.13. The number of hydrogen-bond acceptors (Lipinski definition) is 5. The third kappa shape index (κ3) is 6.07. The highest BCUT2D eigenvalue weighted by atomic mass is 35.5. The number of unbranched alkanes of at least 4 members (excludes halogenated alkanes) is 3. The fraction of sp³-hybridized carbons (Fsp3) is 0.375. The summed E-state index contributed by atoms with van der Waals surface area (Å²) in [5.74, 6) is 1.07. The predicted octanol–water partition coefficient (Wildman–Crippen LogP) is 5.76. The molecule has 0 saturated heterocycles. The number of methoxy groups -OCH3 is 1. The highest BCUT2D eigenvalue weighted by Gasteiger charge is 2.12. The Morgan fingerprint density at radius 2 is 1.91 bits per heavy atom. The van der Waals surface area contributed by atoms with Crippen LogP contribution in [0.3, 0.4) is 0 Å². The van der Waals surface area contributed by atoms with Gasteiger partial charge < -0.3 is 15.0 Å². The summed E-state index contributed by atoms with van der Waals surface area (Å²) in [7, 11) is 5.22. The summed E-state index contributed by atoms with van der Waals surface area (Å²) in [6, 6.07) is 8.38. The molecule has 0 aliphatic carbocycles. The second-order valence-electron chi connectivity index (χ2n) is 7.86. The molecular weight excluding hydrogens is 431 g/mol. The zero-order valence-electron chi connectivity index (χ0n) is 18.6. The van der Waals surface area contributed by atoms with Gasteiger partial charge in [-0.05, 0) is 55.2 Å². The molecule has 2 aromatic carbocycles. The molecule has 1 heterocycles. The molecule has 32 heavy (non-hydrogen) atoms. The number of ether oxygens (including phenoxy) is 1. The molecule has 0 aliphatic rings. The fourth-order valence-corrected chi connectivity index (χ4v) is 3.67. The van der Waals surface area contributed by atoms with Gasteiger partial charge in [0.2, 0.25) is 5.91 Å². The molecule has 0 aliphatic heterocycles. The van der Waals surface area contributed by atoms with Gasteiger partial charge in [-0.25, -0.2) is 14.4 Å². The third-order valence-corrected chi connectivity index (χ3v) is 5.60. The molecule has 0 fully saturated rings. The molecule has 0 unspecified atom stereocenters. The van der Waals surface area contributed by atoms with E-state index in [0.717, 1.165) is 54.3 Å². The van der Waals surface area contributed by atoms with Gasteiger partial charge in [0.05, 0.1) is 17.6 Å². The van der Waals surface area contributed by atoms with Crippen molar-refractivity contribution < 1.29 is 13.9 Å². The summed E-state index contributed by atoms with van der Waals surface area (Å²) >= 11 is 5.89. The van der Waals surface area contributed by atoms with Crippen LogP contribution in [0.4, 0.5) is 15.9 Å². The van der Waals surface area contributed by atoms with E-state index in [0.29, 0.717) is 17.9 Å². The number of carbonyl (C=O) groups is 1. The molecule has 0 spiro atoms. The quantitative estimate of drug-likeness (QED) is 0.391. The number of carbonyl (C=O) groups excluding carboxylic acids is 1. The second-order valence-corrected chi connectivity index (χ2v) is 8.27. The van der Waals surface area contributed by atoms with Crippen molar-refractivity contribution in [3.05, 3.63) is 53.1 Å². The molecule has 1 amide bonds. The van der Waals surface area contributed by atoms with E-state index in [1.54, 1.807) is 32.2 Å². The molecule has 0 bridgehead atoms. The lowest BCUT2D eigenvalue weighted by molar-refractivity contribution is -0.128. The van der Waals surface area contributed by atoms with E-state index in [4.69, 9.17) is 16.3 Å². The summed E-state index contributed by atoms with van der Waals surface area (Å²) in [5.41, 5.74) is 2.51. The lowest BCUT2D eigenvalue weighted by atomic mass is 10.0. The van der Waals surface area contributed by atoms with Gasteiger partial charge >= 0.3 is 0 Å². The van der Waals surface area contributed by atoms with E-state index in [-0.39, 0.29) is 10.9 Å². The highest BCUT2D eigenvalue weighted by molar-refractivity contribution is 6.31. The molecule has 3 rings (SSSR count). The van der Waals surface area contributed by atoms with Crippen LogP contribution in [0.15, 0.2) is 36.7 Å². The zero-order chi connectivity index (χ0) is 23.1. The van der Waals surface area contributed by atoms with Crippen molar-refractivity contribution in [2.24, 2.45) is 0 Å². The number of aryl methyl sites for hydroxylation is 1. The SMILES string of the molecule is COc1cc2c(Nc3ccc(F)c(Cl)c3)ncnc2cc1CCCCCCC(=O)N(C)C. The number of rotatable bonds is 10. The van der Waals surface area contributed by atoms with Crippen LogP contribution in [0.25, 0.3) is 10.9 Å². The molecule has 0 radical (unpaired) electrons. The Bertz CT molecular complexity index is 1090. The van der Waals surface area contributed by atoms with Crippen LogP contribution in [0.2, 0.25) is 5.02 Å². The van der Waals surface area contributed by atoms with Crippen molar-refractivity contribution in [1.29, 1.82) is 0 Å². The monoisotopic (exact) mass is 458 g/mol. The van der Waals surface area contributed by atoms with Gasteiger partial charge in [0.15, 0.2) is 0 Å². The average molecular weight is 459 g/mol. The number of hydrogen-bond donors (Lipinski definition) is 1. The van der Waals surface area contributed by atoms with Crippen molar-refractivity contribution in [2.45, 2.75) is 38.5 Å². The summed E-state index contributed by atoms with van der Waals surface area (Å²) in [4.78, 5) is 22.0. The number of nitrogens with one attached hydrogen (secondary N) is 1. The number of amides is 1. The Morgan fingerprint density at radius 3 is 2.62 bits per heavy atom. The van der Waals surface area contributed by atoms with Crippen molar-refractivity contribution in [3.8, 4) is 5.75 Å². The Labute approximate surface area is 192 Å². The maximum Gasteiger partial charge on any atom is 0.222 e. The molecule has 1 aromatic heterocycles. The third-order valence-electron chi connectivity index (χ3n) is 5.31. The van der Waals surface area contributed by atoms with Gasteiger partial charge in [-0.15, -0.1) is 0 Å². The molecule has 8 heteroatoms. The number of fused-ring (bicyclic) bond motifs is 1. The van der Waals surface area contributed by atoms with Crippen LogP contribution >= 0.6 is 11.6 Å². The van der Waals surface area contributed by atoms with E-state index < -0.39 is 5.82 Å². The maximum atomic E-state index is 13.5. The van der Waals surface area contributed by atoms with E-state index in [1.807, 2.05) is 12.1 Å². The van der Waals surface area contributed by atoms with Crippen molar-refractivity contribution in [1.82, 2.24) is 14.9 Å². The summed E-state index contributed by atoms with van der Waals surface area (Å²) in [5, 5.41) is 4.02. The fourth-order valence-electron chi connectivity index (χ4n) is 3.49. The second kappa shape index (κ2) is 11.1. The number of nitrogens with zero attached hydrogens (tertiary/aromatic N) is 3. The van der Waals surface area contributed by atoms with Crippen LogP contribution in [-0.2, 0) is 11.2 Å². The van der Waals surface area contributed by atoms with Gasteiger partial charge in [0.25, 0.3) is 0 Å². The highest BCUT2D eigenvalue weighted by Crippen LogP contribution is 2.31. The minimum Gasteiger partial charge on any atom is -0.496 e. The summed E-state index contributed by atoms with van der Waals surface area (Å²) in [6.45, 7) is 0.